The lowest BCUT2D eigenvalue weighted by Gasteiger charge is -2.03. The molecule has 6 heteroatoms. The zero-order valence-corrected chi connectivity index (χ0v) is 10.6. The average Bonchev–Trinajstić information content (AvgIpc) is 2.48. The first-order valence-electron chi connectivity index (χ1n) is 5.78. The number of aromatic nitrogens is 1. The highest BCUT2D eigenvalue weighted by atomic mass is 19.2. The molecule has 0 atom stereocenters. The summed E-state index contributed by atoms with van der Waals surface area (Å²) in [4.78, 5) is 15.5. The standard InChI is InChI=1S/C14H11F2N3O/c1-9(10-4-5-12(15)13(16)7-10)18-19-14(20)11-3-2-6-17-8-11/h2-8H,1H3,(H,19,20)/b18-9+. The molecule has 0 saturated carbocycles. The molecule has 0 aliphatic heterocycles. The van der Waals surface area contributed by atoms with Gasteiger partial charge in [0, 0.05) is 18.0 Å². The number of rotatable bonds is 3. The lowest BCUT2D eigenvalue weighted by atomic mass is 10.1. The number of halogens is 2. The third-order valence-electron chi connectivity index (χ3n) is 2.59. The molecule has 0 bridgehead atoms. The third-order valence-corrected chi connectivity index (χ3v) is 2.59. The van der Waals surface area contributed by atoms with Crippen molar-refractivity contribution in [2.45, 2.75) is 6.92 Å². The molecule has 102 valence electrons. The summed E-state index contributed by atoms with van der Waals surface area (Å²) < 4.78 is 25.9. The summed E-state index contributed by atoms with van der Waals surface area (Å²) in [6, 6.07) is 6.62. The van der Waals surface area contributed by atoms with E-state index < -0.39 is 17.5 Å². The van der Waals surface area contributed by atoms with Crippen molar-refractivity contribution in [2.75, 3.05) is 0 Å². The van der Waals surface area contributed by atoms with E-state index >= 15 is 0 Å². The fourth-order valence-corrected chi connectivity index (χ4v) is 1.48. The van der Waals surface area contributed by atoms with Crippen molar-refractivity contribution in [1.82, 2.24) is 10.4 Å². The molecule has 1 N–H and O–H groups in total. The van der Waals surface area contributed by atoms with Crippen molar-refractivity contribution in [2.24, 2.45) is 5.10 Å². The van der Waals surface area contributed by atoms with E-state index in [4.69, 9.17) is 0 Å². The van der Waals surface area contributed by atoms with Gasteiger partial charge in [-0.15, -0.1) is 0 Å². The zero-order valence-electron chi connectivity index (χ0n) is 10.6. The van der Waals surface area contributed by atoms with E-state index in [0.717, 1.165) is 12.1 Å². The minimum Gasteiger partial charge on any atom is -0.267 e. The molecule has 0 unspecified atom stereocenters. The summed E-state index contributed by atoms with van der Waals surface area (Å²) in [5.74, 6) is -2.32. The Hall–Kier alpha value is -2.63. The van der Waals surface area contributed by atoms with Crippen LogP contribution in [-0.2, 0) is 0 Å². The van der Waals surface area contributed by atoms with Gasteiger partial charge >= 0.3 is 0 Å². The summed E-state index contributed by atoms with van der Waals surface area (Å²) >= 11 is 0. The van der Waals surface area contributed by atoms with Crippen LogP contribution in [0.2, 0.25) is 0 Å². The lowest BCUT2D eigenvalue weighted by molar-refractivity contribution is 0.0954. The van der Waals surface area contributed by atoms with Crippen LogP contribution >= 0.6 is 0 Å². The van der Waals surface area contributed by atoms with Gasteiger partial charge in [-0.1, -0.05) is 0 Å². The number of nitrogens with zero attached hydrogens (tertiary/aromatic N) is 2. The number of pyridine rings is 1. The Kier molecular flexibility index (Phi) is 4.14. The highest BCUT2D eigenvalue weighted by Gasteiger charge is 2.06. The van der Waals surface area contributed by atoms with E-state index in [-0.39, 0.29) is 0 Å². The first kappa shape index (κ1) is 13.8. The van der Waals surface area contributed by atoms with Crippen LogP contribution in [-0.4, -0.2) is 16.6 Å². The number of amides is 1. The molecule has 2 aromatic rings. The number of hydrazone groups is 1. The molecule has 0 fully saturated rings. The maximum absolute atomic E-state index is 13.1. The van der Waals surface area contributed by atoms with Gasteiger partial charge in [0.1, 0.15) is 0 Å². The van der Waals surface area contributed by atoms with Crippen LogP contribution in [0, 0.1) is 11.6 Å². The maximum atomic E-state index is 13.1. The number of nitrogens with one attached hydrogen (secondary N) is 1. The van der Waals surface area contributed by atoms with Gasteiger partial charge in [-0.25, -0.2) is 14.2 Å². The first-order valence-corrected chi connectivity index (χ1v) is 5.78. The van der Waals surface area contributed by atoms with Gasteiger partial charge in [0.05, 0.1) is 11.3 Å². The minimum absolute atomic E-state index is 0.356. The average molecular weight is 275 g/mol. The zero-order chi connectivity index (χ0) is 14.5. The molecule has 1 heterocycles. The van der Waals surface area contributed by atoms with Crippen LogP contribution in [0.5, 0.6) is 0 Å². The second-order valence-electron chi connectivity index (χ2n) is 4.01. The molecule has 0 aliphatic rings. The molecule has 20 heavy (non-hydrogen) atoms. The van der Waals surface area contributed by atoms with Crippen LogP contribution in [0.25, 0.3) is 0 Å². The summed E-state index contributed by atoms with van der Waals surface area (Å²) in [5.41, 5.74) is 3.43. The maximum Gasteiger partial charge on any atom is 0.272 e. The van der Waals surface area contributed by atoms with E-state index in [0.29, 0.717) is 16.8 Å². The second kappa shape index (κ2) is 6.01. The van der Waals surface area contributed by atoms with E-state index in [1.807, 2.05) is 0 Å². The van der Waals surface area contributed by atoms with Crippen LogP contribution in [0.4, 0.5) is 8.78 Å². The molecule has 0 spiro atoms. The first-order chi connectivity index (χ1) is 9.58. The van der Waals surface area contributed by atoms with Gasteiger partial charge in [0.2, 0.25) is 0 Å². The Morgan fingerprint density at radius 1 is 1.20 bits per heavy atom. The summed E-state index contributed by atoms with van der Waals surface area (Å²) in [5, 5.41) is 3.84. The predicted molar refractivity (Wildman–Crippen MR) is 70.3 cm³/mol. The highest BCUT2D eigenvalue weighted by molar-refractivity contribution is 6.00. The number of hydrogen-bond acceptors (Lipinski definition) is 3. The van der Waals surface area contributed by atoms with Crippen molar-refractivity contribution >= 4 is 11.6 Å². The topological polar surface area (TPSA) is 54.4 Å². The largest absolute Gasteiger partial charge is 0.272 e. The van der Waals surface area contributed by atoms with E-state index in [1.165, 1.54) is 12.3 Å². The van der Waals surface area contributed by atoms with Crippen molar-refractivity contribution in [3.63, 3.8) is 0 Å². The fraction of sp³-hybridized carbons (Fsp3) is 0.0714. The monoisotopic (exact) mass is 275 g/mol. The molecule has 1 amide bonds. The Morgan fingerprint density at radius 2 is 2.00 bits per heavy atom. The molecular formula is C14H11F2N3O. The van der Waals surface area contributed by atoms with Crippen molar-refractivity contribution < 1.29 is 13.6 Å². The summed E-state index contributed by atoms with van der Waals surface area (Å²) in [7, 11) is 0. The summed E-state index contributed by atoms with van der Waals surface area (Å²) in [6.07, 6.45) is 2.95. The molecule has 1 aromatic carbocycles. The van der Waals surface area contributed by atoms with Crippen LogP contribution in [0.15, 0.2) is 47.8 Å². The molecule has 1 aromatic heterocycles. The Labute approximate surface area is 114 Å². The van der Waals surface area contributed by atoms with E-state index in [9.17, 15) is 13.6 Å². The van der Waals surface area contributed by atoms with Gasteiger partial charge in [-0.2, -0.15) is 5.10 Å². The molecule has 0 saturated heterocycles. The normalized spacial score (nSPS) is 11.2. The van der Waals surface area contributed by atoms with Crippen molar-refractivity contribution in [1.29, 1.82) is 0 Å². The SMILES string of the molecule is C/C(=N\NC(=O)c1cccnc1)c1ccc(F)c(F)c1. The predicted octanol–water partition coefficient (Wildman–Crippen LogP) is 2.51. The molecule has 4 nitrogen and oxygen atoms in total. The minimum atomic E-state index is -0.962. The number of carbonyl (C=O) groups excluding carboxylic acids is 1. The molecule has 0 radical (unpaired) electrons. The molecule has 0 aliphatic carbocycles. The third kappa shape index (κ3) is 3.23. The second-order valence-corrected chi connectivity index (χ2v) is 4.01. The number of carbonyl (C=O) groups is 1. The highest BCUT2D eigenvalue weighted by Crippen LogP contribution is 2.09. The van der Waals surface area contributed by atoms with Gasteiger partial charge in [-0.05, 0) is 37.3 Å². The quantitative estimate of drug-likeness (QED) is 0.691. The smallest absolute Gasteiger partial charge is 0.267 e. The Balaban J connectivity index is 2.11. The molecular weight excluding hydrogens is 264 g/mol. The van der Waals surface area contributed by atoms with Crippen LogP contribution < -0.4 is 5.43 Å². The Morgan fingerprint density at radius 3 is 2.65 bits per heavy atom. The van der Waals surface area contributed by atoms with Gasteiger partial charge in [-0.3, -0.25) is 9.78 Å². The van der Waals surface area contributed by atoms with Crippen molar-refractivity contribution in [3.05, 3.63) is 65.5 Å². The Bertz CT molecular complexity index is 657. The van der Waals surface area contributed by atoms with Gasteiger partial charge < -0.3 is 0 Å². The lowest BCUT2D eigenvalue weighted by Crippen LogP contribution is -2.19. The van der Waals surface area contributed by atoms with Gasteiger partial charge in [0.15, 0.2) is 11.6 Å². The van der Waals surface area contributed by atoms with Gasteiger partial charge in [0.25, 0.3) is 5.91 Å². The summed E-state index contributed by atoms with van der Waals surface area (Å²) in [6.45, 7) is 1.58. The van der Waals surface area contributed by atoms with E-state index in [1.54, 1.807) is 25.3 Å². The fourth-order valence-electron chi connectivity index (χ4n) is 1.48. The molecule has 2 rings (SSSR count). The van der Waals surface area contributed by atoms with Crippen LogP contribution in [0.1, 0.15) is 22.8 Å². The van der Waals surface area contributed by atoms with E-state index in [2.05, 4.69) is 15.5 Å². The van der Waals surface area contributed by atoms with Crippen molar-refractivity contribution in [3.8, 4) is 0 Å². The number of benzene rings is 1. The number of hydrogen-bond donors (Lipinski definition) is 1. The van der Waals surface area contributed by atoms with Crippen LogP contribution in [0.3, 0.4) is 0 Å².